The number of non-ortho nitro benzene ring substituents is 1. The lowest BCUT2D eigenvalue weighted by molar-refractivity contribution is -0.384. The topological polar surface area (TPSA) is 107 Å². The molecular formula is C17H19N3O4S. The highest BCUT2D eigenvalue weighted by atomic mass is 32.2. The predicted molar refractivity (Wildman–Crippen MR) is 94.5 cm³/mol. The van der Waals surface area contributed by atoms with Crippen molar-refractivity contribution in [2.45, 2.75) is 17.7 Å². The summed E-state index contributed by atoms with van der Waals surface area (Å²) >= 11 is 0. The Balaban J connectivity index is 1.77. The number of nitrogens with zero attached hydrogens (tertiary/aromatic N) is 2. The van der Waals surface area contributed by atoms with Gasteiger partial charge in [-0.05, 0) is 11.1 Å². The summed E-state index contributed by atoms with van der Waals surface area (Å²) in [6.07, 6.45) is 0. The van der Waals surface area contributed by atoms with Crippen molar-refractivity contribution >= 4 is 15.7 Å². The number of hydrogen-bond donors (Lipinski definition) is 1. The molecule has 0 aliphatic carbocycles. The van der Waals surface area contributed by atoms with E-state index in [1.165, 1.54) is 22.5 Å². The average molecular weight is 361 g/mol. The van der Waals surface area contributed by atoms with Crippen molar-refractivity contribution < 1.29 is 13.3 Å². The smallest absolute Gasteiger partial charge is 0.269 e. The third-order valence-corrected chi connectivity index (χ3v) is 6.21. The first kappa shape index (κ1) is 17.5. The minimum absolute atomic E-state index is 0.0546. The van der Waals surface area contributed by atoms with Crippen LogP contribution in [0.5, 0.6) is 0 Å². The fourth-order valence-corrected chi connectivity index (χ4v) is 4.70. The fourth-order valence-electron chi connectivity index (χ4n) is 3.13. The highest BCUT2D eigenvalue weighted by molar-refractivity contribution is 7.88. The number of benzene rings is 2. The van der Waals surface area contributed by atoms with Crippen LogP contribution in [-0.2, 0) is 15.8 Å². The molecule has 7 nitrogen and oxygen atoms in total. The Morgan fingerprint density at radius 2 is 1.84 bits per heavy atom. The lowest BCUT2D eigenvalue weighted by atomic mass is 9.95. The minimum Gasteiger partial charge on any atom is -0.326 e. The zero-order valence-corrected chi connectivity index (χ0v) is 14.3. The monoisotopic (exact) mass is 361 g/mol. The highest BCUT2D eigenvalue weighted by Crippen LogP contribution is 2.29. The largest absolute Gasteiger partial charge is 0.326 e. The lowest BCUT2D eigenvalue weighted by Gasteiger charge is -2.16. The van der Waals surface area contributed by atoms with Gasteiger partial charge in [0.15, 0.2) is 0 Å². The third-order valence-electron chi connectivity index (χ3n) is 4.42. The summed E-state index contributed by atoms with van der Waals surface area (Å²) in [7, 11) is -3.60. The van der Waals surface area contributed by atoms with E-state index in [1.54, 1.807) is 6.07 Å². The fraction of sp³-hybridized carbons (Fsp3) is 0.294. The lowest BCUT2D eigenvalue weighted by Crippen LogP contribution is -2.33. The first-order valence-electron chi connectivity index (χ1n) is 7.88. The molecule has 0 saturated carbocycles. The molecule has 8 heteroatoms. The average Bonchev–Trinajstić information content (AvgIpc) is 2.98. The van der Waals surface area contributed by atoms with Gasteiger partial charge < -0.3 is 5.73 Å². The van der Waals surface area contributed by atoms with Gasteiger partial charge in [-0.1, -0.05) is 42.5 Å². The van der Waals surface area contributed by atoms with E-state index in [0.717, 1.165) is 5.56 Å². The first-order valence-corrected chi connectivity index (χ1v) is 9.49. The van der Waals surface area contributed by atoms with E-state index < -0.39 is 14.9 Å². The van der Waals surface area contributed by atoms with Gasteiger partial charge in [-0.2, -0.15) is 4.31 Å². The Morgan fingerprint density at radius 1 is 1.12 bits per heavy atom. The van der Waals surface area contributed by atoms with E-state index in [0.29, 0.717) is 12.1 Å². The van der Waals surface area contributed by atoms with Gasteiger partial charge in [0.25, 0.3) is 5.69 Å². The number of nitrogens with two attached hydrogens (primary N) is 1. The molecule has 2 aromatic carbocycles. The van der Waals surface area contributed by atoms with E-state index in [4.69, 9.17) is 5.73 Å². The molecule has 2 aromatic rings. The van der Waals surface area contributed by atoms with E-state index in [1.807, 2.05) is 30.3 Å². The van der Waals surface area contributed by atoms with Crippen LogP contribution < -0.4 is 5.73 Å². The van der Waals surface area contributed by atoms with E-state index >= 15 is 0 Å². The van der Waals surface area contributed by atoms with Crippen LogP contribution in [0.15, 0.2) is 54.6 Å². The van der Waals surface area contributed by atoms with Crippen LogP contribution >= 0.6 is 0 Å². The number of nitro benzene ring substituents is 1. The van der Waals surface area contributed by atoms with Crippen LogP contribution in [0, 0.1) is 10.1 Å². The maximum atomic E-state index is 12.7. The van der Waals surface area contributed by atoms with E-state index in [2.05, 4.69) is 0 Å². The molecule has 1 aliphatic rings. The molecule has 2 N–H and O–H groups in total. The molecule has 1 aliphatic heterocycles. The van der Waals surface area contributed by atoms with Gasteiger partial charge in [0.2, 0.25) is 10.0 Å². The number of hydrogen-bond acceptors (Lipinski definition) is 5. The standard InChI is InChI=1S/C17H19N3O4S/c18-17-11-19(10-16(17)14-6-2-1-3-7-14)25(23,24)12-13-5-4-8-15(9-13)20(21)22/h1-9,16-17H,10-12,18H2/t16-,17+/m0/s1. The Kier molecular flexibility index (Phi) is 4.85. The van der Waals surface area contributed by atoms with Gasteiger partial charge in [0.05, 0.1) is 10.7 Å². The molecule has 1 saturated heterocycles. The van der Waals surface area contributed by atoms with Crippen molar-refractivity contribution in [3.05, 3.63) is 75.8 Å². The molecule has 0 amide bonds. The molecule has 1 fully saturated rings. The molecule has 0 bridgehead atoms. The molecule has 0 aromatic heterocycles. The molecule has 0 radical (unpaired) electrons. The van der Waals surface area contributed by atoms with Crippen molar-refractivity contribution in [1.82, 2.24) is 4.31 Å². The summed E-state index contributed by atoms with van der Waals surface area (Å²) < 4.78 is 26.8. The molecule has 25 heavy (non-hydrogen) atoms. The summed E-state index contributed by atoms with van der Waals surface area (Å²) in [6.45, 7) is 0.569. The zero-order chi connectivity index (χ0) is 18.0. The second-order valence-electron chi connectivity index (χ2n) is 6.18. The second kappa shape index (κ2) is 6.91. The number of sulfonamides is 1. The molecule has 132 valence electrons. The van der Waals surface area contributed by atoms with Crippen molar-refractivity contribution in [3.8, 4) is 0 Å². The second-order valence-corrected chi connectivity index (χ2v) is 8.15. The van der Waals surface area contributed by atoms with Crippen molar-refractivity contribution in [3.63, 3.8) is 0 Å². The van der Waals surface area contributed by atoms with Crippen molar-refractivity contribution in [1.29, 1.82) is 0 Å². The zero-order valence-electron chi connectivity index (χ0n) is 13.5. The SMILES string of the molecule is N[C@@H]1CN(S(=O)(=O)Cc2cccc([N+](=O)[O-])c2)C[C@H]1c1ccccc1. The quantitative estimate of drug-likeness (QED) is 0.646. The Bertz CT molecular complexity index is 870. The van der Waals surface area contributed by atoms with Crippen LogP contribution in [0.3, 0.4) is 0 Å². The molecule has 2 atom stereocenters. The van der Waals surface area contributed by atoms with E-state index in [9.17, 15) is 18.5 Å². The summed E-state index contributed by atoms with van der Waals surface area (Å²) in [6, 6.07) is 15.0. The molecule has 3 rings (SSSR count). The molecule has 0 unspecified atom stereocenters. The highest BCUT2D eigenvalue weighted by Gasteiger charge is 2.37. The van der Waals surface area contributed by atoms with E-state index in [-0.39, 0.29) is 29.9 Å². The molecule has 1 heterocycles. The first-order chi connectivity index (χ1) is 11.9. The predicted octanol–water partition coefficient (Wildman–Crippen LogP) is 1.85. The maximum absolute atomic E-state index is 12.7. The Labute approximate surface area is 146 Å². The maximum Gasteiger partial charge on any atom is 0.269 e. The van der Waals surface area contributed by atoms with Crippen molar-refractivity contribution in [2.75, 3.05) is 13.1 Å². The minimum atomic E-state index is -3.60. The van der Waals surface area contributed by atoms with Crippen molar-refractivity contribution in [2.24, 2.45) is 5.73 Å². The van der Waals surface area contributed by atoms with Crippen LogP contribution in [0.25, 0.3) is 0 Å². The third kappa shape index (κ3) is 3.87. The van der Waals surface area contributed by atoms with Gasteiger partial charge in [0.1, 0.15) is 0 Å². The summed E-state index contributed by atoms with van der Waals surface area (Å²) in [5.74, 6) is -0.329. The Morgan fingerprint density at radius 3 is 2.52 bits per heavy atom. The van der Waals surface area contributed by atoms with Gasteiger partial charge in [0, 0.05) is 37.2 Å². The van der Waals surface area contributed by atoms with Crippen LogP contribution in [0.4, 0.5) is 5.69 Å². The van der Waals surface area contributed by atoms with Crippen LogP contribution in [0.2, 0.25) is 0 Å². The van der Waals surface area contributed by atoms with Gasteiger partial charge >= 0.3 is 0 Å². The Hall–Kier alpha value is -2.29. The van der Waals surface area contributed by atoms with Gasteiger partial charge in [-0.3, -0.25) is 10.1 Å². The van der Waals surface area contributed by atoms with Crippen LogP contribution in [-0.4, -0.2) is 36.8 Å². The summed E-state index contributed by atoms with van der Waals surface area (Å²) in [4.78, 5) is 10.3. The molecule has 0 spiro atoms. The normalized spacial score (nSPS) is 21.3. The summed E-state index contributed by atoms with van der Waals surface area (Å²) in [5.41, 5.74) is 7.45. The number of rotatable bonds is 5. The molecular weight excluding hydrogens is 342 g/mol. The van der Waals surface area contributed by atoms with Gasteiger partial charge in [-0.15, -0.1) is 0 Å². The van der Waals surface area contributed by atoms with Crippen LogP contribution in [0.1, 0.15) is 17.0 Å². The summed E-state index contributed by atoms with van der Waals surface area (Å²) in [5, 5.41) is 10.8. The van der Waals surface area contributed by atoms with Gasteiger partial charge in [-0.25, -0.2) is 8.42 Å². The number of nitro groups is 1.